The molecule has 184 valence electrons. The number of hydrogen-bond donors (Lipinski definition) is 4. The van der Waals surface area contributed by atoms with Gasteiger partial charge in [-0.2, -0.15) is 0 Å². The van der Waals surface area contributed by atoms with Gasteiger partial charge in [0.15, 0.2) is 16.6 Å². The lowest BCUT2D eigenvalue weighted by molar-refractivity contribution is -0.148. The van der Waals surface area contributed by atoms with E-state index in [1.165, 1.54) is 0 Å². The third-order valence-corrected chi connectivity index (χ3v) is 12.3. The van der Waals surface area contributed by atoms with E-state index >= 15 is 0 Å². The predicted molar refractivity (Wildman–Crippen MR) is 124 cm³/mol. The first-order valence-electron chi connectivity index (χ1n) is 9.74. The van der Waals surface area contributed by atoms with Gasteiger partial charge in [-0.1, -0.05) is 27.7 Å². The highest BCUT2D eigenvalue weighted by Gasteiger charge is 2.33. The molecule has 0 aliphatic heterocycles. The van der Waals surface area contributed by atoms with E-state index < -0.39 is 52.3 Å². The van der Waals surface area contributed by atoms with Gasteiger partial charge in [0.1, 0.15) is 0 Å². The summed E-state index contributed by atoms with van der Waals surface area (Å²) in [6.07, 6.45) is 0.956. The molecule has 0 saturated heterocycles. The van der Waals surface area contributed by atoms with Crippen LogP contribution in [0.5, 0.6) is 0 Å². The highest BCUT2D eigenvalue weighted by molar-refractivity contribution is 6.84. The minimum Gasteiger partial charge on any atom is -0.481 e. The standard InChI is InChI=1S/C18H34O9Si2.2CH4/c1-28(2,9-5-7-13(17(23)24)11-15(19)20)27-29(3,4)10-6-8-14(18(25)26)12-16(21)22;;/h13-14H,5-12H2,1-4H3,(H,19,20)(H,21,22)(H,23,24)(H,25,26);2*1H4. The van der Waals surface area contributed by atoms with E-state index in [1.807, 2.05) is 26.2 Å². The van der Waals surface area contributed by atoms with Crippen LogP contribution in [0.4, 0.5) is 0 Å². The topological polar surface area (TPSA) is 158 Å². The summed E-state index contributed by atoms with van der Waals surface area (Å²) in [6, 6.07) is 1.42. The Morgan fingerprint density at radius 1 is 0.677 bits per heavy atom. The second-order valence-corrected chi connectivity index (χ2v) is 17.5. The zero-order valence-electron chi connectivity index (χ0n) is 17.6. The molecular formula is C20H42O9Si2. The Kier molecular flexibility index (Phi) is 16.6. The number of aliphatic carboxylic acids is 4. The van der Waals surface area contributed by atoms with Crippen LogP contribution < -0.4 is 0 Å². The van der Waals surface area contributed by atoms with E-state index in [9.17, 15) is 19.2 Å². The van der Waals surface area contributed by atoms with E-state index in [0.29, 0.717) is 37.8 Å². The average molecular weight is 483 g/mol. The molecule has 0 aromatic rings. The molecule has 0 aliphatic carbocycles. The summed E-state index contributed by atoms with van der Waals surface area (Å²) in [5.74, 6) is -6.24. The molecule has 0 spiro atoms. The van der Waals surface area contributed by atoms with Crippen LogP contribution in [0.3, 0.4) is 0 Å². The molecule has 0 aromatic heterocycles. The van der Waals surface area contributed by atoms with E-state index in [-0.39, 0.29) is 27.7 Å². The average Bonchev–Trinajstić information content (AvgIpc) is 2.50. The molecule has 0 aliphatic rings. The van der Waals surface area contributed by atoms with Gasteiger partial charge < -0.3 is 24.5 Å². The minimum atomic E-state index is -2.09. The van der Waals surface area contributed by atoms with Gasteiger partial charge in [-0.05, 0) is 51.1 Å². The van der Waals surface area contributed by atoms with Crippen LogP contribution in [0, 0.1) is 11.8 Å². The van der Waals surface area contributed by atoms with Gasteiger partial charge in [0, 0.05) is 0 Å². The van der Waals surface area contributed by atoms with Gasteiger partial charge in [0.2, 0.25) is 0 Å². The number of carbonyl (C=O) groups is 4. The van der Waals surface area contributed by atoms with Crippen molar-refractivity contribution in [3.63, 3.8) is 0 Å². The third-order valence-electron chi connectivity index (χ3n) is 4.76. The van der Waals surface area contributed by atoms with Crippen LogP contribution in [-0.4, -0.2) is 60.9 Å². The van der Waals surface area contributed by atoms with Crippen LogP contribution in [0.1, 0.15) is 53.4 Å². The van der Waals surface area contributed by atoms with Crippen molar-refractivity contribution in [2.45, 2.75) is 91.7 Å². The van der Waals surface area contributed by atoms with E-state index in [0.717, 1.165) is 0 Å². The second kappa shape index (κ2) is 15.1. The fraction of sp³-hybridized carbons (Fsp3) is 0.800. The zero-order chi connectivity index (χ0) is 22.8. The van der Waals surface area contributed by atoms with Crippen LogP contribution >= 0.6 is 0 Å². The maximum absolute atomic E-state index is 11.2. The number of carboxylic acid groups (broad SMARTS) is 4. The van der Waals surface area contributed by atoms with Crippen molar-refractivity contribution in [1.29, 1.82) is 0 Å². The molecule has 0 radical (unpaired) electrons. The molecule has 11 heteroatoms. The highest BCUT2D eigenvalue weighted by Crippen LogP contribution is 2.27. The van der Waals surface area contributed by atoms with Crippen LogP contribution in [0.25, 0.3) is 0 Å². The summed E-state index contributed by atoms with van der Waals surface area (Å²) in [5.41, 5.74) is 0. The zero-order valence-corrected chi connectivity index (χ0v) is 19.6. The van der Waals surface area contributed by atoms with Crippen molar-refractivity contribution in [1.82, 2.24) is 0 Å². The van der Waals surface area contributed by atoms with Gasteiger partial charge in [-0.15, -0.1) is 0 Å². The SMILES string of the molecule is C.C.C[Si](C)(CCCC(CC(=O)O)C(=O)O)O[Si](C)(C)CCCC(CC(=O)O)C(=O)O. The Morgan fingerprint density at radius 3 is 1.19 bits per heavy atom. The third kappa shape index (κ3) is 16.6. The molecule has 0 fully saturated rings. The normalized spacial score (nSPS) is 13.3. The van der Waals surface area contributed by atoms with E-state index in [1.54, 1.807) is 0 Å². The monoisotopic (exact) mass is 482 g/mol. The van der Waals surface area contributed by atoms with E-state index in [4.69, 9.17) is 24.5 Å². The first-order valence-corrected chi connectivity index (χ1v) is 16.0. The minimum absolute atomic E-state index is 0. The molecule has 0 bridgehead atoms. The summed E-state index contributed by atoms with van der Waals surface area (Å²) < 4.78 is 6.42. The summed E-state index contributed by atoms with van der Waals surface area (Å²) in [7, 11) is -4.19. The number of hydrogen-bond acceptors (Lipinski definition) is 5. The fourth-order valence-electron chi connectivity index (χ4n) is 3.45. The quantitative estimate of drug-likeness (QED) is 0.231. The van der Waals surface area contributed by atoms with Crippen molar-refractivity contribution in [3.8, 4) is 0 Å². The molecular weight excluding hydrogens is 440 g/mol. The number of carboxylic acids is 4. The highest BCUT2D eigenvalue weighted by atomic mass is 28.4. The summed E-state index contributed by atoms with van der Waals surface area (Å²) >= 11 is 0. The molecule has 0 aromatic carbocycles. The van der Waals surface area contributed by atoms with Crippen molar-refractivity contribution in [2.75, 3.05) is 0 Å². The maximum Gasteiger partial charge on any atom is 0.307 e. The summed E-state index contributed by atoms with van der Waals surface area (Å²) in [4.78, 5) is 43.8. The van der Waals surface area contributed by atoms with Crippen LogP contribution in [-0.2, 0) is 23.3 Å². The molecule has 9 nitrogen and oxygen atoms in total. The summed E-state index contributed by atoms with van der Waals surface area (Å²) in [5, 5.41) is 35.8. The lowest BCUT2D eigenvalue weighted by Gasteiger charge is -2.34. The Balaban J connectivity index is -0.00000392. The Labute approximate surface area is 188 Å². The second-order valence-electron chi connectivity index (χ2n) is 8.67. The van der Waals surface area contributed by atoms with Crippen molar-refractivity contribution in [2.24, 2.45) is 11.8 Å². The first-order chi connectivity index (χ1) is 13.1. The van der Waals surface area contributed by atoms with Gasteiger partial charge in [0.05, 0.1) is 24.7 Å². The van der Waals surface area contributed by atoms with Crippen LogP contribution in [0.15, 0.2) is 0 Å². The molecule has 0 saturated carbocycles. The van der Waals surface area contributed by atoms with Crippen molar-refractivity contribution < 1.29 is 43.7 Å². The molecule has 0 rings (SSSR count). The molecule has 4 N–H and O–H groups in total. The Hall–Kier alpha value is -1.73. The fourth-order valence-corrected chi connectivity index (χ4v) is 12.4. The predicted octanol–water partition coefficient (Wildman–Crippen LogP) is 4.60. The van der Waals surface area contributed by atoms with Gasteiger partial charge in [-0.3, -0.25) is 19.2 Å². The smallest absolute Gasteiger partial charge is 0.307 e. The largest absolute Gasteiger partial charge is 0.481 e. The van der Waals surface area contributed by atoms with Gasteiger partial charge >= 0.3 is 23.9 Å². The molecule has 0 amide bonds. The van der Waals surface area contributed by atoms with Crippen molar-refractivity contribution in [3.05, 3.63) is 0 Å². The lowest BCUT2D eigenvalue weighted by Crippen LogP contribution is -2.44. The molecule has 2 unspecified atom stereocenters. The number of rotatable bonds is 16. The lowest BCUT2D eigenvalue weighted by atomic mass is 10.0. The van der Waals surface area contributed by atoms with Gasteiger partial charge in [0.25, 0.3) is 0 Å². The van der Waals surface area contributed by atoms with Gasteiger partial charge in [-0.25, -0.2) is 0 Å². The summed E-state index contributed by atoms with van der Waals surface area (Å²) in [6.45, 7) is 8.16. The molecule has 2 atom stereocenters. The van der Waals surface area contributed by atoms with Crippen LogP contribution in [0.2, 0.25) is 38.3 Å². The first kappa shape index (κ1) is 33.9. The Morgan fingerprint density at radius 2 is 0.968 bits per heavy atom. The maximum atomic E-state index is 11.2. The van der Waals surface area contributed by atoms with E-state index in [2.05, 4.69) is 0 Å². The van der Waals surface area contributed by atoms with Crippen molar-refractivity contribution >= 4 is 40.5 Å². The molecule has 0 heterocycles. The molecule has 31 heavy (non-hydrogen) atoms. The Bertz CT molecular complexity index is 541.